The van der Waals surface area contributed by atoms with Crippen molar-refractivity contribution >= 4 is 11.6 Å². The highest BCUT2D eigenvalue weighted by Crippen LogP contribution is 2.27. The first-order valence-electron chi connectivity index (χ1n) is 8.05. The molecular formula is C17H22ClN3O2. The van der Waals surface area contributed by atoms with Gasteiger partial charge in [-0.15, -0.1) is 0 Å². The Balaban J connectivity index is 1.60. The molecule has 1 heterocycles. The first kappa shape index (κ1) is 16.4. The van der Waals surface area contributed by atoms with Crippen LogP contribution in [-0.2, 0) is 6.54 Å². The fourth-order valence-corrected chi connectivity index (χ4v) is 3.36. The molecule has 1 N–H and O–H groups in total. The Kier molecular flexibility index (Phi) is 5.30. The Labute approximate surface area is 141 Å². The van der Waals surface area contributed by atoms with Gasteiger partial charge in [0.25, 0.3) is 0 Å². The second kappa shape index (κ2) is 7.43. The molecular weight excluding hydrogens is 314 g/mol. The van der Waals surface area contributed by atoms with Gasteiger partial charge in [0.2, 0.25) is 11.7 Å². The number of hydrogen-bond acceptors (Lipinski definition) is 5. The van der Waals surface area contributed by atoms with Gasteiger partial charge in [0.05, 0.1) is 6.54 Å². The molecule has 0 atom stereocenters. The maximum atomic E-state index is 9.23. The van der Waals surface area contributed by atoms with Crippen molar-refractivity contribution < 1.29 is 9.63 Å². The van der Waals surface area contributed by atoms with Gasteiger partial charge in [-0.05, 0) is 50.8 Å². The zero-order valence-corrected chi connectivity index (χ0v) is 14.0. The van der Waals surface area contributed by atoms with Crippen molar-refractivity contribution in [2.75, 3.05) is 13.7 Å². The van der Waals surface area contributed by atoms with Gasteiger partial charge in [-0.1, -0.05) is 28.9 Å². The standard InChI is InChI=1S/C17H22ClN3O2/c1-21(15-7-5-12(11-22)6-8-15)10-16-19-17(20-23-16)13-3-2-4-14(18)9-13/h2-4,9,12,15,22H,5-8,10-11H2,1H3. The van der Waals surface area contributed by atoms with E-state index < -0.39 is 0 Å². The smallest absolute Gasteiger partial charge is 0.241 e. The number of aliphatic hydroxyl groups is 1. The largest absolute Gasteiger partial charge is 0.396 e. The summed E-state index contributed by atoms with van der Waals surface area (Å²) in [5.74, 6) is 1.66. The third kappa shape index (κ3) is 4.10. The van der Waals surface area contributed by atoms with Crippen LogP contribution in [-0.4, -0.2) is 39.8 Å². The van der Waals surface area contributed by atoms with E-state index in [0.29, 0.717) is 41.8 Å². The summed E-state index contributed by atoms with van der Waals surface area (Å²) in [5.41, 5.74) is 0.860. The van der Waals surface area contributed by atoms with Crippen molar-refractivity contribution in [3.8, 4) is 11.4 Å². The van der Waals surface area contributed by atoms with Crippen LogP contribution in [0.5, 0.6) is 0 Å². The Bertz CT molecular complexity index is 638. The number of hydrogen-bond donors (Lipinski definition) is 1. The van der Waals surface area contributed by atoms with Crippen LogP contribution in [0, 0.1) is 5.92 Å². The van der Waals surface area contributed by atoms with Crippen molar-refractivity contribution in [2.24, 2.45) is 5.92 Å². The van der Waals surface area contributed by atoms with E-state index in [9.17, 15) is 5.11 Å². The molecule has 1 aromatic heterocycles. The number of benzene rings is 1. The summed E-state index contributed by atoms with van der Waals surface area (Å²) in [6.07, 6.45) is 4.39. The fraction of sp³-hybridized carbons (Fsp3) is 0.529. The highest BCUT2D eigenvalue weighted by molar-refractivity contribution is 6.30. The molecule has 0 aliphatic heterocycles. The van der Waals surface area contributed by atoms with Gasteiger partial charge in [0.15, 0.2) is 0 Å². The molecule has 124 valence electrons. The molecule has 0 spiro atoms. The van der Waals surface area contributed by atoms with Crippen molar-refractivity contribution in [3.63, 3.8) is 0 Å². The van der Waals surface area contributed by atoms with Crippen LogP contribution in [0.25, 0.3) is 11.4 Å². The van der Waals surface area contributed by atoms with Gasteiger partial charge < -0.3 is 9.63 Å². The van der Waals surface area contributed by atoms with E-state index in [2.05, 4.69) is 22.1 Å². The zero-order chi connectivity index (χ0) is 16.2. The van der Waals surface area contributed by atoms with Crippen molar-refractivity contribution in [3.05, 3.63) is 35.2 Å². The predicted molar refractivity (Wildman–Crippen MR) is 89.0 cm³/mol. The molecule has 2 aromatic rings. The topological polar surface area (TPSA) is 62.4 Å². The van der Waals surface area contributed by atoms with Crippen LogP contribution < -0.4 is 0 Å². The van der Waals surface area contributed by atoms with Gasteiger partial charge in [-0.3, -0.25) is 4.90 Å². The summed E-state index contributed by atoms with van der Waals surface area (Å²) in [5, 5.41) is 13.9. The fourth-order valence-electron chi connectivity index (χ4n) is 3.17. The van der Waals surface area contributed by atoms with E-state index in [1.54, 1.807) is 0 Å². The van der Waals surface area contributed by atoms with E-state index in [0.717, 1.165) is 31.2 Å². The third-order valence-corrected chi connectivity index (χ3v) is 4.87. The van der Waals surface area contributed by atoms with Gasteiger partial charge in [-0.2, -0.15) is 4.98 Å². The highest BCUT2D eigenvalue weighted by atomic mass is 35.5. The molecule has 6 heteroatoms. The molecule has 1 aliphatic carbocycles. The normalized spacial score (nSPS) is 21.7. The number of aliphatic hydroxyl groups excluding tert-OH is 1. The number of nitrogens with zero attached hydrogens (tertiary/aromatic N) is 3. The lowest BCUT2D eigenvalue weighted by atomic mass is 9.86. The average Bonchev–Trinajstić information content (AvgIpc) is 3.03. The quantitative estimate of drug-likeness (QED) is 0.907. The SMILES string of the molecule is CN(Cc1nc(-c2cccc(Cl)c2)no1)C1CCC(CO)CC1. The Morgan fingerprint density at radius 1 is 1.30 bits per heavy atom. The predicted octanol–water partition coefficient (Wildman–Crippen LogP) is 3.37. The molecule has 1 fully saturated rings. The second-order valence-electron chi connectivity index (χ2n) is 6.29. The lowest BCUT2D eigenvalue weighted by molar-refractivity contribution is 0.116. The van der Waals surface area contributed by atoms with Gasteiger partial charge in [0, 0.05) is 23.2 Å². The van der Waals surface area contributed by atoms with Crippen LogP contribution >= 0.6 is 11.6 Å². The van der Waals surface area contributed by atoms with E-state index in [-0.39, 0.29) is 0 Å². The Hall–Kier alpha value is -1.43. The minimum absolute atomic E-state index is 0.309. The van der Waals surface area contributed by atoms with Gasteiger partial charge in [-0.25, -0.2) is 0 Å². The van der Waals surface area contributed by atoms with Gasteiger partial charge >= 0.3 is 0 Å². The molecule has 1 saturated carbocycles. The third-order valence-electron chi connectivity index (χ3n) is 4.63. The van der Waals surface area contributed by atoms with E-state index in [1.165, 1.54) is 0 Å². The Morgan fingerprint density at radius 3 is 2.78 bits per heavy atom. The summed E-state index contributed by atoms with van der Waals surface area (Å²) in [6.45, 7) is 0.950. The van der Waals surface area contributed by atoms with E-state index >= 15 is 0 Å². The molecule has 0 unspecified atom stereocenters. The van der Waals surface area contributed by atoms with Crippen molar-refractivity contribution in [2.45, 2.75) is 38.3 Å². The second-order valence-corrected chi connectivity index (χ2v) is 6.73. The van der Waals surface area contributed by atoms with Crippen LogP contribution in [0.3, 0.4) is 0 Å². The van der Waals surface area contributed by atoms with Crippen LogP contribution in [0.15, 0.2) is 28.8 Å². The summed E-state index contributed by atoms with van der Waals surface area (Å²) >= 11 is 6.00. The minimum Gasteiger partial charge on any atom is -0.396 e. The summed E-state index contributed by atoms with van der Waals surface area (Å²) in [6, 6.07) is 7.96. The zero-order valence-electron chi connectivity index (χ0n) is 13.3. The molecule has 0 radical (unpaired) electrons. The van der Waals surface area contributed by atoms with E-state index in [4.69, 9.17) is 16.1 Å². The number of aromatic nitrogens is 2. The van der Waals surface area contributed by atoms with Crippen LogP contribution in [0.1, 0.15) is 31.6 Å². The first-order chi connectivity index (χ1) is 11.2. The molecule has 1 aromatic carbocycles. The van der Waals surface area contributed by atoms with Crippen molar-refractivity contribution in [1.29, 1.82) is 0 Å². The van der Waals surface area contributed by atoms with Crippen molar-refractivity contribution in [1.82, 2.24) is 15.0 Å². The maximum Gasteiger partial charge on any atom is 0.241 e. The highest BCUT2D eigenvalue weighted by Gasteiger charge is 2.24. The van der Waals surface area contributed by atoms with Gasteiger partial charge in [0.1, 0.15) is 0 Å². The average molecular weight is 336 g/mol. The van der Waals surface area contributed by atoms with Crippen LogP contribution in [0.4, 0.5) is 0 Å². The molecule has 0 bridgehead atoms. The maximum absolute atomic E-state index is 9.23. The first-order valence-corrected chi connectivity index (χ1v) is 8.43. The lowest BCUT2D eigenvalue weighted by Crippen LogP contribution is -2.35. The monoisotopic (exact) mass is 335 g/mol. The lowest BCUT2D eigenvalue weighted by Gasteiger charge is -2.33. The summed E-state index contributed by atoms with van der Waals surface area (Å²) in [7, 11) is 2.09. The summed E-state index contributed by atoms with van der Waals surface area (Å²) in [4.78, 5) is 6.74. The number of halogens is 1. The Morgan fingerprint density at radius 2 is 2.09 bits per heavy atom. The summed E-state index contributed by atoms with van der Waals surface area (Å²) < 4.78 is 5.38. The van der Waals surface area contributed by atoms with E-state index in [1.807, 2.05) is 24.3 Å². The minimum atomic E-state index is 0.309. The molecule has 3 rings (SSSR count). The molecule has 0 amide bonds. The molecule has 1 aliphatic rings. The molecule has 5 nitrogen and oxygen atoms in total. The molecule has 23 heavy (non-hydrogen) atoms. The number of rotatable bonds is 5. The molecule has 0 saturated heterocycles. The van der Waals surface area contributed by atoms with Crippen LogP contribution in [0.2, 0.25) is 5.02 Å².